The van der Waals surface area contributed by atoms with E-state index in [4.69, 9.17) is 0 Å². The minimum absolute atomic E-state index is 0.609. The molecule has 0 radical (unpaired) electrons. The highest BCUT2D eigenvalue weighted by Gasteiger charge is 2.20. The predicted molar refractivity (Wildman–Crippen MR) is 81.3 cm³/mol. The Hall–Kier alpha value is -0.550. The lowest BCUT2D eigenvalue weighted by molar-refractivity contribution is 0.367. The van der Waals surface area contributed by atoms with E-state index in [9.17, 15) is 0 Å². The van der Waals surface area contributed by atoms with Crippen LogP contribution in [0.25, 0.3) is 0 Å². The third-order valence-corrected chi connectivity index (χ3v) is 4.93. The monoisotopic (exact) mass is 282 g/mol. The van der Waals surface area contributed by atoms with Gasteiger partial charge in [0, 0.05) is 17.8 Å². The first kappa shape index (κ1) is 14.9. The quantitative estimate of drug-likeness (QED) is 0.871. The van der Waals surface area contributed by atoms with E-state index in [-0.39, 0.29) is 0 Å². The van der Waals surface area contributed by atoms with Crippen molar-refractivity contribution in [2.75, 3.05) is 6.26 Å². The summed E-state index contributed by atoms with van der Waals surface area (Å²) in [7, 11) is 0. The van der Waals surface area contributed by atoms with Crippen LogP contribution in [0.5, 0.6) is 0 Å². The summed E-state index contributed by atoms with van der Waals surface area (Å²) < 4.78 is 2.03. The van der Waals surface area contributed by atoms with Crippen LogP contribution in [0.1, 0.15) is 45.4 Å². The molecule has 108 valence electrons. The molecule has 4 nitrogen and oxygen atoms in total. The first-order valence-corrected chi connectivity index (χ1v) is 8.60. The summed E-state index contributed by atoms with van der Waals surface area (Å²) in [4.78, 5) is 4.37. The summed E-state index contributed by atoms with van der Waals surface area (Å²) in [5, 5.41) is 8.83. The average Bonchev–Trinajstić information content (AvgIpc) is 2.83. The van der Waals surface area contributed by atoms with E-state index in [2.05, 4.69) is 35.5 Å². The molecule has 1 aromatic heterocycles. The number of rotatable bonds is 6. The zero-order valence-electron chi connectivity index (χ0n) is 12.3. The second kappa shape index (κ2) is 7.29. The van der Waals surface area contributed by atoms with E-state index in [1.54, 1.807) is 6.33 Å². The van der Waals surface area contributed by atoms with E-state index in [0.29, 0.717) is 12.0 Å². The van der Waals surface area contributed by atoms with Crippen molar-refractivity contribution in [2.45, 2.75) is 63.9 Å². The van der Waals surface area contributed by atoms with Gasteiger partial charge in [-0.1, -0.05) is 13.8 Å². The summed E-state index contributed by atoms with van der Waals surface area (Å²) in [5.74, 6) is 1.68. The molecule has 1 heterocycles. The fraction of sp³-hybridized carbons (Fsp3) is 0.857. The molecular formula is C14H26N4S. The predicted octanol–water partition coefficient (Wildman–Crippen LogP) is 2.70. The lowest BCUT2D eigenvalue weighted by Crippen LogP contribution is -2.34. The normalized spacial score (nSPS) is 24.0. The molecule has 0 aliphatic heterocycles. The first-order chi connectivity index (χ1) is 9.19. The van der Waals surface area contributed by atoms with Crippen LogP contribution in [-0.2, 0) is 13.1 Å². The van der Waals surface area contributed by atoms with E-state index in [0.717, 1.165) is 24.2 Å². The minimum Gasteiger partial charge on any atom is -0.307 e. The van der Waals surface area contributed by atoms with Crippen molar-refractivity contribution in [2.24, 2.45) is 5.92 Å². The number of hydrogen-bond acceptors (Lipinski definition) is 4. The maximum absolute atomic E-state index is 4.37. The molecule has 5 heteroatoms. The summed E-state index contributed by atoms with van der Waals surface area (Å²) in [5.41, 5.74) is 0. The number of nitrogens with one attached hydrogen (secondary N) is 1. The van der Waals surface area contributed by atoms with Gasteiger partial charge in [0.25, 0.3) is 0 Å². The fourth-order valence-corrected chi connectivity index (χ4v) is 3.41. The lowest BCUT2D eigenvalue weighted by atomic mass is 9.95. The van der Waals surface area contributed by atoms with E-state index < -0.39 is 0 Å². The molecule has 1 fully saturated rings. The van der Waals surface area contributed by atoms with Crippen LogP contribution in [-0.4, -0.2) is 32.3 Å². The molecular weight excluding hydrogens is 256 g/mol. The van der Waals surface area contributed by atoms with E-state index >= 15 is 0 Å². The number of hydrogen-bond donors (Lipinski definition) is 1. The molecule has 0 aromatic carbocycles. The smallest absolute Gasteiger partial charge is 0.140 e. The molecule has 1 N–H and O–H groups in total. The second-order valence-electron chi connectivity index (χ2n) is 5.84. The zero-order chi connectivity index (χ0) is 13.7. The van der Waals surface area contributed by atoms with Crippen molar-refractivity contribution >= 4 is 11.8 Å². The molecule has 2 rings (SSSR count). The Morgan fingerprint density at radius 3 is 2.74 bits per heavy atom. The second-order valence-corrected chi connectivity index (χ2v) is 6.98. The standard InChI is InChI=1S/C14H26N4S/c1-11(2)9-18-14(16-10-17-18)8-15-12-4-6-13(19-3)7-5-12/h10-13,15H,4-9H2,1-3H3. The zero-order valence-corrected chi connectivity index (χ0v) is 13.1. The van der Waals surface area contributed by atoms with Gasteiger partial charge in [-0.2, -0.15) is 16.9 Å². The van der Waals surface area contributed by atoms with Gasteiger partial charge in [0.2, 0.25) is 0 Å². The molecule has 0 atom stereocenters. The van der Waals surface area contributed by atoms with Crippen LogP contribution in [0, 0.1) is 5.92 Å². The highest BCUT2D eigenvalue weighted by Crippen LogP contribution is 2.26. The largest absolute Gasteiger partial charge is 0.307 e. The van der Waals surface area contributed by atoms with Gasteiger partial charge in [-0.3, -0.25) is 0 Å². The van der Waals surface area contributed by atoms with Crippen molar-refractivity contribution in [3.63, 3.8) is 0 Å². The Morgan fingerprint density at radius 1 is 1.37 bits per heavy atom. The van der Waals surface area contributed by atoms with Gasteiger partial charge in [0.15, 0.2) is 0 Å². The Balaban J connectivity index is 1.78. The van der Waals surface area contributed by atoms with Crippen molar-refractivity contribution < 1.29 is 0 Å². The number of thioether (sulfide) groups is 1. The lowest BCUT2D eigenvalue weighted by Gasteiger charge is -2.28. The summed E-state index contributed by atoms with van der Waals surface area (Å²) in [6.07, 6.45) is 9.18. The maximum Gasteiger partial charge on any atom is 0.140 e. The van der Waals surface area contributed by atoms with Gasteiger partial charge in [0.05, 0.1) is 6.54 Å². The molecule has 0 spiro atoms. The Morgan fingerprint density at radius 2 is 2.11 bits per heavy atom. The Labute approximate surface area is 120 Å². The van der Waals surface area contributed by atoms with Crippen molar-refractivity contribution in [1.82, 2.24) is 20.1 Å². The van der Waals surface area contributed by atoms with Gasteiger partial charge in [-0.05, 0) is 37.9 Å². The first-order valence-electron chi connectivity index (χ1n) is 7.32. The van der Waals surface area contributed by atoms with Crippen LogP contribution < -0.4 is 5.32 Å². The molecule has 1 saturated carbocycles. The molecule has 0 unspecified atom stereocenters. The molecule has 0 bridgehead atoms. The van der Waals surface area contributed by atoms with E-state index in [1.807, 2.05) is 16.4 Å². The summed E-state index contributed by atoms with van der Waals surface area (Å²) in [6.45, 7) is 6.22. The van der Waals surface area contributed by atoms with Crippen LogP contribution >= 0.6 is 11.8 Å². The summed E-state index contributed by atoms with van der Waals surface area (Å²) in [6, 6.07) is 0.660. The topological polar surface area (TPSA) is 42.7 Å². The van der Waals surface area contributed by atoms with Gasteiger partial charge < -0.3 is 5.32 Å². The third kappa shape index (κ3) is 4.49. The highest BCUT2D eigenvalue weighted by atomic mass is 32.2. The molecule has 1 aliphatic rings. The number of aromatic nitrogens is 3. The Bertz CT molecular complexity index is 369. The van der Waals surface area contributed by atoms with Crippen molar-refractivity contribution in [3.8, 4) is 0 Å². The molecule has 1 aromatic rings. The molecule has 0 amide bonds. The average molecular weight is 282 g/mol. The molecule has 0 saturated heterocycles. The SMILES string of the molecule is CSC1CCC(NCc2ncnn2CC(C)C)CC1. The van der Waals surface area contributed by atoms with Gasteiger partial charge >= 0.3 is 0 Å². The van der Waals surface area contributed by atoms with Gasteiger partial charge in [-0.25, -0.2) is 9.67 Å². The van der Waals surface area contributed by atoms with Gasteiger partial charge in [-0.15, -0.1) is 0 Å². The Kier molecular flexibility index (Phi) is 5.70. The molecule has 1 aliphatic carbocycles. The van der Waals surface area contributed by atoms with Crippen LogP contribution in [0.3, 0.4) is 0 Å². The highest BCUT2D eigenvalue weighted by molar-refractivity contribution is 7.99. The minimum atomic E-state index is 0.609. The van der Waals surface area contributed by atoms with Crippen molar-refractivity contribution in [3.05, 3.63) is 12.2 Å². The van der Waals surface area contributed by atoms with Crippen molar-refractivity contribution in [1.29, 1.82) is 0 Å². The van der Waals surface area contributed by atoms with Crippen LogP contribution in [0.4, 0.5) is 0 Å². The fourth-order valence-electron chi connectivity index (χ4n) is 2.66. The van der Waals surface area contributed by atoms with Crippen LogP contribution in [0.2, 0.25) is 0 Å². The maximum atomic E-state index is 4.37. The third-order valence-electron chi connectivity index (χ3n) is 3.79. The van der Waals surface area contributed by atoms with Gasteiger partial charge in [0.1, 0.15) is 12.2 Å². The van der Waals surface area contributed by atoms with E-state index in [1.165, 1.54) is 25.7 Å². The van der Waals surface area contributed by atoms with Crippen LogP contribution in [0.15, 0.2) is 6.33 Å². The summed E-state index contributed by atoms with van der Waals surface area (Å²) >= 11 is 2.02. The molecule has 19 heavy (non-hydrogen) atoms. The number of nitrogens with zero attached hydrogens (tertiary/aromatic N) is 3.